The Morgan fingerprint density at radius 3 is 2.43 bits per heavy atom. The molecule has 1 aliphatic carbocycles. The molecule has 3 heterocycles. The number of hydrogen-bond donors (Lipinski definition) is 0. The number of likely N-dealkylation sites (tertiary alicyclic amines) is 2. The second-order valence-corrected chi connectivity index (χ2v) is 11.2. The lowest BCUT2D eigenvalue weighted by molar-refractivity contribution is 0.0205. The number of thiophene rings is 1. The summed E-state index contributed by atoms with van der Waals surface area (Å²) in [6.07, 6.45) is 9.14. The Hall–Kier alpha value is -1.56. The van der Waals surface area contributed by atoms with Crippen molar-refractivity contribution in [1.29, 1.82) is 0 Å². The normalized spacial score (nSPS) is 25.7. The van der Waals surface area contributed by atoms with E-state index in [1.54, 1.807) is 11.3 Å². The van der Waals surface area contributed by atoms with Crippen molar-refractivity contribution in [2.45, 2.75) is 89.7 Å². The average Bonchev–Trinajstić information content (AvgIpc) is 3.22. The second kappa shape index (κ2) is 8.89. The average molecular weight is 433 g/mol. The molecular weight excluding hydrogens is 396 g/mol. The van der Waals surface area contributed by atoms with Crippen LogP contribution in [0.1, 0.15) is 93.3 Å². The van der Waals surface area contributed by atoms with E-state index >= 15 is 0 Å². The van der Waals surface area contributed by atoms with E-state index in [1.807, 2.05) is 25.7 Å². The van der Waals surface area contributed by atoms with Crippen molar-refractivity contribution in [2.75, 3.05) is 19.6 Å². The minimum absolute atomic E-state index is 0.213. The van der Waals surface area contributed by atoms with Crippen molar-refractivity contribution in [3.63, 3.8) is 0 Å². The van der Waals surface area contributed by atoms with Gasteiger partial charge in [-0.05, 0) is 77.2 Å². The van der Waals surface area contributed by atoms with Gasteiger partial charge in [0.25, 0.3) is 5.91 Å². The Labute approximate surface area is 184 Å². The molecule has 2 amide bonds. The van der Waals surface area contributed by atoms with Crippen LogP contribution in [0.2, 0.25) is 0 Å². The summed E-state index contributed by atoms with van der Waals surface area (Å²) >= 11 is 1.72. The van der Waals surface area contributed by atoms with E-state index in [2.05, 4.69) is 16.3 Å². The number of piperidine rings is 2. The van der Waals surface area contributed by atoms with Gasteiger partial charge in [-0.25, -0.2) is 4.79 Å². The number of ether oxygens (including phenoxy) is 1. The van der Waals surface area contributed by atoms with E-state index in [0.717, 1.165) is 44.5 Å². The molecule has 2 atom stereocenters. The topological polar surface area (TPSA) is 49.9 Å². The lowest BCUT2D eigenvalue weighted by atomic mass is 9.78. The van der Waals surface area contributed by atoms with Crippen LogP contribution in [0, 0.1) is 5.92 Å². The van der Waals surface area contributed by atoms with E-state index in [0.29, 0.717) is 17.9 Å². The third-order valence-electron chi connectivity index (χ3n) is 6.92. The minimum atomic E-state index is -0.456. The molecule has 0 bridgehead atoms. The van der Waals surface area contributed by atoms with Gasteiger partial charge < -0.3 is 14.5 Å². The van der Waals surface area contributed by atoms with Crippen molar-refractivity contribution in [3.05, 3.63) is 21.9 Å². The highest BCUT2D eigenvalue weighted by atomic mass is 32.1. The van der Waals surface area contributed by atoms with Gasteiger partial charge in [-0.3, -0.25) is 4.79 Å². The largest absolute Gasteiger partial charge is 0.444 e. The van der Waals surface area contributed by atoms with Gasteiger partial charge in [0, 0.05) is 35.9 Å². The fourth-order valence-electron chi connectivity index (χ4n) is 5.39. The Bertz CT molecular complexity index is 759. The first-order valence-corrected chi connectivity index (χ1v) is 12.6. The molecule has 1 aromatic rings. The van der Waals surface area contributed by atoms with E-state index in [1.165, 1.54) is 37.0 Å². The van der Waals surface area contributed by atoms with Crippen molar-refractivity contribution >= 4 is 23.3 Å². The molecule has 2 saturated heterocycles. The van der Waals surface area contributed by atoms with Gasteiger partial charge >= 0.3 is 6.09 Å². The number of carbonyl (C=O) groups is 2. The zero-order valence-corrected chi connectivity index (χ0v) is 19.5. The zero-order chi connectivity index (χ0) is 21.3. The smallest absolute Gasteiger partial charge is 0.410 e. The van der Waals surface area contributed by atoms with Crippen LogP contribution in [-0.4, -0.2) is 53.1 Å². The first-order chi connectivity index (χ1) is 14.3. The molecule has 1 saturated carbocycles. The molecule has 0 N–H and O–H groups in total. The number of hydrogen-bond acceptors (Lipinski definition) is 4. The van der Waals surface area contributed by atoms with Gasteiger partial charge in [0.05, 0.1) is 5.56 Å². The number of rotatable bonds is 2. The maximum absolute atomic E-state index is 13.3. The Kier molecular flexibility index (Phi) is 6.42. The maximum Gasteiger partial charge on any atom is 0.410 e. The zero-order valence-electron chi connectivity index (χ0n) is 18.7. The van der Waals surface area contributed by atoms with Crippen molar-refractivity contribution < 1.29 is 14.3 Å². The molecule has 30 heavy (non-hydrogen) atoms. The number of amides is 2. The van der Waals surface area contributed by atoms with Crippen LogP contribution in [0.3, 0.4) is 0 Å². The molecule has 3 aliphatic rings. The SMILES string of the molecule is CC(C)(C)OC(=O)N1CCC(c2cc(C(=O)N3CCC[C@@H]4CCCC[C@@H]43)cs2)CC1. The van der Waals surface area contributed by atoms with E-state index in [-0.39, 0.29) is 12.0 Å². The van der Waals surface area contributed by atoms with Crippen molar-refractivity contribution in [1.82, 2.24) is 9.80 Å². The highest BCUT2D eigenvalue weighted by molar-refractivity contribution is 7.10. The van der Waals surface area contributed by atoms with E-state index in [9.17, 15) is 9.59 Å². The third-order valence-corrected chi connectivity index (χ3v) is 8.01. The number of nitrogens with zero attached hydrogens (tertiary/aromatic N) is 2. The lowest BCUT2D eigenvalue weighted by Crippen LogP contribution is -2.49. The predicted molar refractivity (Wildman–Crippen MR) is 120 cm³/mol. The van der Waals surface area contributed by atoms with Gasteiger partial charge in [-0.1, -0.05) is 12.8 Å². The highest BCUT2D eigenvalue weighted by Gasteiger charge is 2.36. The van der Waals surface area contributed by atoms with E-state index in [4.69, 9.17) is 4.74 Å². The third kappa shape index (κ3) is 4.84. The standard InChI is InChI=1S/C24H36N2O3S/c1-24(2,3)29-23(28)25-13-10-18(11-14-25)21-15-19(16-30-21)22(27)26-12-6-8-17-7-4-5-9-20(17)26/h15-18,20H,4-14H2,1-3H3/t17-,20-/m0/s1. The summed E-state index contributed by atoms with van der Waals surface area (Å²) in [6.45, 7) is 8.06. The van der Waals surface area contributed by atoms with Gasteiger partial charge in [-0.15, -0.1) is 11.3 Å². The molecule has 0 spiro atoms. The lowest BCUT2D eigenvalue weighted by Gasteiger charge is -2.44. The molecule has 3 fully saturated rings. The molecule has 0 unspecified atom stereocenters. The summed E-state index contributed by atoms with van der Waals surface area (Å²) in [5, 5.41) is 2.06. The summed E-state index contributed by atoms with van der Waals surface area (Å²) in [6, 6.07) is 2.59. The molecule has 0 radical (unpaired) electrons. The maximum atomic E-state index is 13.3. The summed E-state index contributed by atoms with van der Waals surface area (Å²) in [7, 11) is 0. The first-order valence-electron chi connectivity index (χ1n) is 11.7. The molecule has 2 aliphatic heterocycles. The van der Waals surface area contributed by atoms with Crippen LogP contribution in [0.5, 0.6) is 0 Å². The summed E-state index contributed by atoms with van der Waals surface area (Å²) in [4.78, 5) is 30.9. The van der Waals surface area contributed by atoms with Gasteiger partial charge in [-0.2, -0.15) is 0 Å². The Morgan fingerprint density at radius 1 is 1.00 bits per heavy atom. The quantitative estimate of drug-likeness (QED) is 0.606. The predicted octanol–water partition coefficient (Wildman–Crippen LogP) is 5.66. The molecule has 5 nitrogen and oxygen atoms in total. The Balaban J connectivity index is 1.35. The van der Waals surface area contributed by atoms with Crippen LogP contribution in [0.15, 0.2) is 11.4 Å². The minimum Gasteiger partial charge on any atom is -0.444 e. The van der Waals surface area contributed by atoms with Crippen molar-refractivity contribution in [3.8, 4) is 0 Å². The molecule has 1 aromatic heterocycles. The van der Waals surface area contributed by atoms with Crippen LogP contribution < -0.4 is 0 Å². The fourth-order valence-corrected chi connectivity index (χ4v) is 6.45. The molecule has 6 heteroatoms. The van der Waals surface area contributed by atoms with Crippen LogP contribution in [0.4, 0.5) is 4.79 Å². The summed E-state index contributed by atoms with van der Waals surface area (Å²) in [5.41, 5.74) is 0.415. The highest BCUT2D eigenvalue weighted by Crippen LogP contribution is 2.37. The van der Waals surface area contributed by atoms with Gasteiger partial charge in [0.1, 0.15) is 5.60 Å². The second-order valence-electron chi connectivity index (χ2n) is 10.2. The monoisotopic (exact) mass is 432 g/mol. The van der Waals surface area contributed by atoms with Crippen LogP contribution in [0.25, 0.3) is 0 Å². The first kappa shape index (κ1) is 21.7. The van der Waals surface area contributed by atoms with Gasteiger partial charge in [0.15, 0.2) is 0 Å². The van der Waals surface area contributed by atoms with Crippen LogP contribution in [-0.2, 0) is 4.74 Å². The fraction of sp³-hybridized carbons (Fsp3) is 0.750. The number of carbonyl (C=O) groups excluding carboxylic acids is 2. The van der Waals surface area contributed by atoms with Crippen LogP contribution >= 0.6 is 11.3 Å². The Morgan fingerprint density at radius 2 is 1.70 bits per heavy atom. The molecular formula is C24H36N2O3S. The van der Waals surface area contributed by atoms with Crippen molar-refractivity contribution in [2.24, 2.45) is 5.92 Å². The van der Waals surface area contributed by atoms with E-state index < -0.39 is 5.60 Å². The molecule has 166 valence electrons. The number of fused-ring (bicyclic) bond motifs is 1. The van der Waals surface area contributed by atoms with Gasteiger partial charge in [0.2, 0.25) is 0 Å². The molecule has 0 aromatic carbocycles. The molecule has 4 rings (SSSR count). The summed E-state index contributed by atoms with van der Waals surface area (Å²) in [5.74, 6) is 1.38. The summed E-state index contributed by atoms with van der Waals surface area (Å²) < 4.78 is 5.50.